The second kappa shape index (κ2) is 23.4. The maximum Gasteiger partial charge on any atom is 1.00 e. The third kappa shape index (κ3) is 20.0. The van der Waals surface area contributed by atoms with E-state index in [1.54, 1.807) is 0 Å². The summed E-state index contributed by atoms with van der Waals surface area (Å²) in [5.41, 5.74) is 0. The van der Waals surface area contributed by atoms with Crippen LogP contribution < -0.4 is 103 Å². The number of hydrogen-bond donors (Lipinski definition) is 0. The summed E-state index contributed by atoms with van der Waals surface area (Å²) >= 11 is 0. The van der Waals surface area contributed by atoms with Crippen LogP contribution >= 0.6 is 0 Å². The van der Waals surface area contributed by atoms with Gasteiger partial charge in [0.1, 0.15) is 0 Å². The van der Waals surface area contributed by atoms with Crippen molar-refractivity contribution in [3.8, 4) is 0 Å². The van der Waals surface area contributed by atoms with Gasteiger partial charge in [-0.2, -0.15) is 79.0 Å². The molecule has 0 radical (unpaired) electrons. The van der Waals surface area contributed by atoms with Gasteiger partial charge >= 0.3 is 149 Å². The van der Waals surface area contributed by atoms with Crippen LogP contribution in [0.2, 0.25) is 0 Å². The zero-order valence-electron chi connectivity index (χ0n) is 27.4. The van der Waals surface area contributed by atoms with Crippen LogP contribution in [0.25, 0.3) is 0 Å². The summed E-state index contributed by atoms with van der Waals surface area (Å²) < 4.78 is 288. The molecule has 0 aliphatic carbocycles. The summed E-state index contributed by atoms with van der Waals surface area (Å²) in [6.07, 6.45) is -15.5. The summed E-state index contributed by atoms with van der Waals surface area (Å²) in [7, 11) is -14.0. The van der Waals surface area contributed by atoms with Crippen LogP contribution in [-0.4, -0.2) is 72.5 Å². The molecule has 304 valence electrons. The van der Waals surface area contributed by atoms with Gasteiger partial charge in [0.25, 0.3) is 0 Å². The van der Waals surface area contributed by atoms with Crippen molar-refractivity contribution in [2.75, 3.05) is 0 Å². The van der Waals surface area contributed by atoms with Crippen molar-refractivity contribution in [1.82, 2.24) is 0 Å². The predicted molar refractivity (Wildman–Crippen MR) is 135 cm³/mol. The first kappa shape index (κ1) is 60.5. The van der Waals surface area contributed by atoms with Crippen LogP contribution in [0.1, 0.15) is 103 Å². The maximum absolute atomic E-state index is 13.2. The third-order valence-corrected chi connectivity index (χ3v) is 8.45. The molecule has 0 saturated heterocycles. The number of hydrogen-bond acceptors (Lipinski definition) is 6. The van der Waals surface area contributed by atoms with E-state index in [-0.39, 0.29) is 167 Å². The Bertz CT molecular complexity index is 1140. The summed E-state index contributed by atoms with van der Waals surface area (Å²) in [4.78, 5) is 0. The first-order valence-electron chi connectivity index (χ1n) is 14.2. The minimum atomic E-state index is -7.01. The van der Waals surface area contributed by atoms with Crippen LogP contribution in [0.3, 0.4) is 0 Å². The van der Waals surface area contributed by atoms with Crippen molar-refractivity contribution in [2.24, 2.45) is 0 Å². The largest absolute Gasteiger partial charge is 1.00 e. The van der Waals surface area contributed by atoms with Crippen molar-refractivity contribution in [3.05, 3.63) is 0 Å². The molecule has 0 aromatic carbocycles. The number of unbranched alkanes of at least 4 members (excludes halogenated alkanes) is 10. The number of rotatable bonds is 22. The van der Waals surface area contributed by atoms with E-state index in [0.29, 0.717) is 0 Å². The summed E-state index contributed by atoms with van der Waals surface area (Å²) in [6, 6.07) is 0. The number of halogens is 18. The molecule has 0 atom stereocenters. The quantitative estimate of drug-likeness (QED) is 0.0699. The first-order chi connectivity index (χ1) is 21.9. The van der Waals surface area contributed by atoms with Gasteiger partial charge in [-0.1, -0.05) is 51.4 Å². The van der Waals surface area contributed by atoms with Crippen LogP contribution in [0, 0.1) is 0 Å². The van der Waals surface area contributed by atoms with Crippen LogP contribution in [0.15, 0.2) is 0 Å². The van der Waals surface area contributed by atoms with E-state index in [4.69, 9.17) is 0 Å². The van der Waals surface area contributed by atoms with Crippen LogP contribution in [-0.2, 0) is 20.2 Å². The van der Waals surface area contributed by atoms with Crippen molar-refractivity contribution in [3.63, 3.8) is 0 Å². The van der Waals surface area contributed by atoms with Crippen molar-refractivity contribution < 1.29 is 208 Å². The average Bonchev–Trinajstić information content (AvgIpc) is 2.89. The van der Waals surface area contributed by atoms with E-state index in [1.807, 2.05) is 0 Å². The Balaban J connectivity index is -0.000000427. The van der Waals surface area contributed by atoms with E-state index in [0.717, 1.165) is 0 Å². The first-order valence-corrected chi connectivity index (χ1v) is 17.0. The Hall–Kier alpha value is 1.83. The van der Waals surface area contributed by atoms with Crippen LogP contribution in [0.4, 0.5) is 79.0 Å². The molecule has 0 aromatic rings. The van der Waals surface area contributed by atoms with Gasteiger partial charge in [-0.05, 0) is 25.7 Å². The number of alkyl halides is 18. The molecule has 0 aliphatic heterocycles. The van der Waals surface area contributed by atoms with Crippen molar-refractivity contribution >= 4 is 20.2 Å². The van der Waals surface area contributed by atoms with Gasteiger partial charge in [-0.15, -0.1) is 0 Å². The zero-order valence-corrected chi connectivity index (χ0v) is 35.3. The molecule has 0 amide bonds. The Morgan fingerprint density at radius 3 is 0.673 bits per heavy atom. The zero-order chi connectivity index (χ0) is 40.3. The Kier molecular flexibility index (Phi) is 27.3. The van der Waals surface area contributed by atoms with E-state index < -0.39 is 105 Å². The normalized spacial score (nSPS) is 14.2. The van der Waals surface area contributed by atoms with Gasteiger partial charge in [-0.25, -0.2) is 16.8 Å². The predicted octanol–water partition coefficient (Wildman–Crippen LogP) is 4.16. The summed E-state index contributed by atoms with van der Waals surface area (Å²) in [6.45, 7) is 0. The fourth-order valence-corrected chi connectivity index (χ4v) is 4.74. The minimum absolute atomic E-state index is 0. The van der Waals surface area contributed by atoms with Crippen molar-refractivity contribution in [2.45, 2.75) is 149 Å². The third-order valence-electron chi connectivity index (χ3n) is 6.68. The van der Waals surface area contributed by atoms with Gasteiger partial charge in [0, 0.05) is 25.7 Å². The molecule has 0 rings (SSSR count). The molecule has 0 bridgehead atoms. The molecule has 28 heteroatoms. The monoisotopic (exact) mass is 900 g/mol. The van der Waals surface area contributed by atoms with E-state index in [2.05, 4.69) is 0 Å². The molecule has 6 nitrogen and oxygen atoms in total. The van der Waals surface area contributed by atoms with Gasteiger partial charge in [-0.3, -0.25) is 0 Å². The minimum Gasteiger partial charge on any atom is -0.743 e. The molecular formula is C24H32F18K2O6S2. The van der Waals surface area contributed by atoms with E-state index in [9.17, 15) is 105 Å². The maximum atomic E-state index is 13.2. The van der Waals surface area contributed by atoms with Crippen LogP contribution in [0.5, 0.6) is 0 Å². The topological polar surface area (TPSA) is 114 Å². The Labute approximate surface area is 372 Å². The summed E-state index contributed by atoms with van der Waals surface area (Å²) in [5.74, 6) is -23.6. The molecule has 0 aliphatic rings. The Morgan fingerprint density at radius 2 is 0.500 bits per heavy atom. The van der Waals surface area contributed by atoms with Gasteiger partial charge in [0.05, 0.1) is 0 Å². The average molecular weight is 901 g/mol. The molecule has 0 aromatic heterocycles. The van der Waals surface area contributed by atoms with E-state index in [1.165, 1.54) is 0 Å². The van der Waals surface area contributed by atoms with Gasteiger partial charge in [0.15, 0.2) is 20.2 Å². The molecule has 0 spiro atoms. The Morgan fingerprint density at radius 1 is 0.327 bits per heavy atom. The molecular weight excluding hydrogens is 869 g/mol. The molecule has 0 unspecified atom stereocenters. The van der Waals surface area contributed by atoms with Crippen molar-refractivity contribution in [1.29, 1.82) is 0 Å². The SMILES string of the molecule is O=S(=O)([O-])C(F)(F)C(F)(F)C(F)(F)CCCCCCCCC(F)(F)F.O=S(=O)([O-])C(F)(F)C(F)(F)C(F)(F)CCCCCCCCC(F)(F)F.[K+].[K+]. The second-order valence-corrected chi connectivity index (χ2v) is 13.8. The molecule has 0 saturated carbocycles. The fraction of sp³-hybridized carbons (Fsp3) is 1.00. The van der Waals surface area contributed by atoms with Gasteiger partial charge in [0.2, 0.25) is 0 Å². The fourth-order valence-electron chi connectivity index (χ4n) is 3.81. The second-order valence-electron chi connectivity index (χ2n) is 11.0. The molecule has 0 fully saturated rings. The molecule has 0 N–H and O–H groups in total. The standard InChI is InChI=1S/2C12H17F9O3S.2K/c2*13-9(14,11(18,19)12(20,21)25(22,23)24)7-5-3-1-2-4-6-8-10(15,16)17;;/h2*1-8H2,(H,22,23,24);;/q;;2*+1/p-2. The molecule has 0 heterocycles. The smallest absolute Gasteiger partial charge is 0.743 e. The van der Waals surface area contributed by atoms with Gasteiger partial charge < -0.3 is 9.11 Å². The van der Waals surface area contributed by atoms with E-state index >= 15 is 0 Å². The molecule has 52 heavy (non-hydrogen) atoms. The summed E-state index contributed by atoms with van der Waals surface area (Å²) in [5, 5.41) is -12.9.